The molecule has 23 heavy (non-hydrogen) atoms. The first-order chi connectivity index (χ1) is 11.1. The van der Waals surface area contributed by atoms with Gasteiger partial charge in [0.1, 0.15) is 0 Å². The van der Waals surface area contributed by atoms with Crippen molar-refractivity contribution < 1.29 is 4.79 Å². The molecular formula is C17H19BrN4O. The number of hydrogen-bond acceptors (Lipinski definition) is 4. The summed E-state index contributed by atoms with van der Waals surface area (Å²) in [5, 5.41) is 2.82. The van der Waals surface area contributed by atoms with Gasteiger partial charge in [0, 0.05) is 23.1 Å². The fourth-order valence-electron chi connectivity index (χ4n) is 2.59. The van der Waals surface area contributed by atoms with E-state index in [2.05, 4.69) is 43.0 Å². The van der Waals surface area contributed by atoms with Crippen molar-refractivity contribution in [3.05, 3.63) is 46.7 Å². The lowest BCUT2D eigenvalue weighted by Crippen LogP contribution is -2.34. The van der Waals surface area contributed by atoms with Crippen molar-refractivity contribution in [1.29, 1.82) is 0 Å². The number of carbonyl (C=O) groups is 1. The van der Waals surface area contributed by atoms with Crippen molar-refractivity contribution in [3.8, 4) is 0 Å². The zero-order valence-corrected chi connectivity index (χ0v) is 14.6. The fraction of sp³-hybridized carbons (Fsp3) is 0.353. The predicted molar refractivity (Wildman–Crippen MR) is 94.7 cm³/mol. The third-order valence-corrected chi connectivity index (χ3v) is 4.54. The number of hydrogen-bond donors (Lipinski definition) is 1. The van der Waals surface area contributed by atoms with Gasteiger partial charge in [-0.2, -0.15) is 0 Å². The largest absolute Gasteiger partial charge is 0.341 e. The van der Waals surface area contributed by atoms with E-state index in [0.29, 0.717) is 11.3 Å². The van der Waals surface area contributed by atoms with Gasteiger partial charge in [-0.1, -0.05) is 28.9 Å². The van der Waals surface area contributed by atoms with Crippen LogP contribution in [0.4, 0.5) is 11.6 Å². The number of aromatic nitrogens is 2. The lowest BCUT2D eigenvalue weighted by atomic mass is 10.00. The summed E-state index contributed by atoms with van der Waals surface area (Å²) < 4.78 is 0.871. The zero-order chi connectivity index (χ0) is 16.2. The first-order valence-electron chi connectivity index (χ1n) is 7.76. The van der Waals surface area contributed by atoms with Crippen molar-refractivity contribution in [2.75, 3.05) is 23.3 Å². The number of benzene rings is 1. The van der Waals surface area contributed by atoms with Crippen molar-refractivity contribution in [2.24, 2.45) is 5.92 Å². The minimum absolute atomic E-state index is 0.172. The van der Waals surface area contributed by atoms with Crippen LogP contribution in [0.2, 0.25) is 0 Å². The molecule has 1 aliphatic heterocycles. The van der Waals surface area contributed by atoms with E-state index in [9.17, 15) is 4.79 Å². The van der Waals surface area contributed by atoms with Gasteiger partial charge in [0.2, 0.25) is 5.95 Å². The molecule has 3 rings (SSSR count). The lowest BCUT2D eigenvalue weighted by molar-refractivity contribution is 0.102. The van der Waals surface area contributed by atoms with E-state index in [4.69, 9.17) is 0 Å². The van der Waals surface area contributed by atoms with E-state index in [-0.39, 0.29) is 5.91 Å². The number of piperidine rings is 1. The molecule has 1 aromatic carbocycles. The predicted octanol–water partition coefficient (Wildman–Crippen LogP) is 3.73. The molecule has 0 bridgehead atoms. The van der Waals surface area contributed by atoms with Gasteiger partial charge in [0.25, 0.3) is 5.91 Å². The van der Waals surface area contributed by atoms with Crippen LogP contribution in [0.5, 0.6) is 0 Å². The van der Waals surface area contributed by atoms with Crippen molar-refractivity contribution >= 4 is 33.5 Å². The first kappa shape index (κ1) is 15.9. The molecule has 1 saturated heterocycles. The summed E-state index contributed by atoms with van der Waals surface area (Å²) in [4.78, 5) is 23.2. The Kier molecular flexibility index (Phi) is 4.91. The number of nitrogens with zero attached hydrogens (tertiary/aromatic N) is 3. The lowest BCUT2D eigenvalue weighted by Gasteiger charge is -2.30. The highest BCUT2D eigenvalue weighted by Gasteiger charge is 2.17. The third kappa shape index (κ3) is 4.07. The zero-order valence-electron chi connectivity index (χ0n) is 13.0. The number of amides is 1. The summed E-state index contributed by atoms with van der Waals surface area (Å²) in [6, 6.07) is 7.26. The van der Waals surface area contributed by atoms with Crippen LogP contribution in [-0.2, 0) is 0 Å². The second-order valence-electron chi connectivity index (χ2n) is 5.91. The van der Waals surface area contributed by atoms with Crippen LogP contribution in [0.3, 0.4) is 0 Å². The molecule has 1 N–H and O–H groups in total. The maximum atomic E-state index is 12.2. The molecular weight excluding hydrogens is 356 g/mol. The molecule has 1 aliphatic rings. The Morgan fingerprint density at radius 1 is 1.26 bits per heavy atom. The Bertz CT molecular complexity index is 681. The van der Waals surface area contributed by atoms with E-state index in [0.717, 1.165) is 29.4 Å². The summed E-state index contributed by atoms with van der Waals surface area (Å²) in [7, 11) is 0. The van der Waals surface area contributed by atoms with Crippen LogP contribution in [0.25, 0.3) is 0 Å². The average Bonchev–Trinajstić information content (AvgIpc) is 2.56. The number of carbonyl (C=O) groups excluding carboxylic acids is 1. The summed E-state index contributed by atoms with van der Waals surface area (Å²) in [5.74, 6) is 1.34. The van der Waals surface area contributed by atoms with Crippen molar-refractivity contribution in [3.63, 3.8) is 0 Å². The topological polar surface area (TPSA) is 58.1 Å². The van der Waals surface area contributed by atoms with E-state index in [1.165, 1.54) is 12.8 Å². The quantitative estimate of drug-likeness (QED) is 0.888. The highest BCUT2D eigenvalue weighted by Crippen LogP contribution is 2.20. The molecule has 1 aromatic heterocycles. The molecule has 0 saturated carbocycles. The molecule has 120 valence electrons. The molecule has 0 radical (unpaired) electrons. The Hall–Kier alpha value is -1.95. The minimum atomic E-state index is -0.172. The van der Waals surface area contributed by atoms with Gasteiger partial charge < -0.3 is 10.2 Å². The van der Waals surface area contributed by atoms with Gasteiger partial charge in [0.05, 0.1) is 18.1 Å². The molecule has 5 nitrogen and oxygen atoms in total. The summed E-state index contributed by atoms with van der Waals surface area (Å²) in [6.45, 7) is 4.26. The van der Waals surface area contributed by atoms with Crippen molar-refractivity contribution in [2.45, 2.75) is 19.8 Å². The maximum Gasteiger partial charge on any atom is 0.255 e. The number of anilines is 2. The standard InChI is InChI=1S/C17H19BrN4O/c1-12-5-7-22(8-6-12)17-19-10-15(11-20-17)21-16(23)13-3-2-4-14(18)9-13/h2-4,9-12H,5-8H2,1H3,(H,21,23). The van der Waals surface area contributed by atoms with Gasteiger partial charge in [-0.3, -0.25) is 4.79 Å². The Morgan fingerprint density at radius 3 is 2.61 bits per heavy atom. The highest BCUT2D eigenvalue weighted by molar-refractivity contribution is 9.10. The minimum Gasteiger partial charge on any atom is -0.341 e. The Labute approximate surface area is 144 Å². The molecule has 6 heteroatoms. The van der Waals surface area contributed by atoms with Crippen LogP contribution < -0.4 is 10.2 Å². The smallest absolute Gasteiger partial charge is 0.255 e. The van der Waals surface area contributed by atoms with Gasteiger partial charge in [-0.25, -0.2) is 9.97 Å². The molecule has 0 aliphatic carbocycles. The van der Waals surface area contributed by atoms with Crippen LogP contribution in [0.1, 0.15) is 30.1 Å². The van der Waals surface area contributed by atoms with Crippen LogP contribution >= 0.6 is 15.9 Å². The summed E-state index contributed by atoms with van der Waals surface area (Å²) in [6.07, 6.45) is 5.67. The second kappa shape index (κ2) is 7.08. The third-order valence-electron chi connectivity index (χ3n) is 4.05. The van der Waals surface area contributed by atoms with Crippen molar-refractivity contribution in [1.82, 2.24) is 9.97 Å². The molecule has 1 fully saturated rings. The van der Waals surface area contributed by atoms with Gasteiger partial charge in [-0.15, -0.1) is 0 Å². The maximum absolute atomic E-state index is 12.2. The van der Waals surface area contributed by atoms with Crippen LogP contribution in [-0.4, -0.2) is 29.0 Å². The fourth-order valence-corrected chi connectivity index (χ4v) is 2.99. The van der Waals surface area contributed by atoms with Crippen LogP contribution in [0.15, 0.2) is 41.1 Å². The number of rotatable bonds is 3. The Balaban J connectivity index is 1.64. The van der Waals surface area contributed by atoms with E-state index < -0.39 is 0 Å². The first-order valence-corrected chi connectivity index (χ1v) is 8.55. The number of nitrogens with one attached hydrogen (secondary N) is 1. The summed E-state index contributed by atoms with van der Waals surface area (Å²) >= 11 is 3.36. The second-order valence-corrected chi connectivity index (χ2v) is 6.82. The molecule has 2 heterocycles. The van der Waals surface area contributed by atoms with Gasteiger partial charge in [0.15, 0.2) is 0 Å². The molecule has 1 amide bonds. The number of halogens is 1. The molecule has 0 atom stereocenters. The highest BCUT2D eigenvalue weighted by atomic mass is 79.9. The molecule has 0 spiro atoms. The Morgan fingerprint density at radius 2 is 1.96 bits per heavy atom. The van der Waals surface area contributed by atoms with Crippen LogP contribution in [0, 0.1) is 5.92 Å². The normalized spacial score (nSPS) is 15.5. The van der Waals surface area contributed by atoms with E-state index >= 15 is 0 Å². The van der Waals surface area contributed by atoms with Gasteiger partial charge in [-0.05, 0) is 37.0 Å². The SMILES string of the molecule is CC1CCN(c2ncc(NC(=O)c3cccc(Br)c3)cn2)CC1. The van der Waals surface area contributed by atoms with E-state index in [1.807, 2.05) is 12.1 Å². The van der Waals surface area contributed by atoms with E-state index in [1.54, 1.807) is 24.5 Å². The molecule has 2 aromatic rings. The van der Waals surface area contributed by atoms with Gasteiger partial charge >= 0.3 is 0 Å². The average molecular weight is 375 g/mol. The molecule has 0 unspecified atom stereocenters. The monoisotopic (exact) mass is 374 g/mol. The summed E-state index contributed by atoms with van der Waals surface area (Å²) in [5.41, 5.74) is 1.19.